The van der Waals surface area contributed by atoms with Gasteiger partial charge in [0, 0.05) is 38.1 Å². The molecule has 98 valence electrons. The minimum atomic E-state index is -0.0309. The number of amides is 3. The second-order valence-electron chi connectivity index (χ2n) is 5.07. The number of nitrogens with zero attached hydrogens (tertiary/aromatic N) is 2. The predicted molar refractivity (Wildman–Crippen MR) is 66.7 cm³/mol. The minimum Gasteiger partial charge on any atom is -0.339 e. The molecule has 1 aliphatic rings. The van der Waals surface area contributed by atoms with Crippen LogP contribution in [0.5, 0.6) is 0 Å². The molecule has 1 heterocycles. The van der Waals surface area contributed by atoms with Crippen molar-refractivity contribution in [2.75, 3.05) is 26.2 Å². The fourth-order valence-electron chi connectivity index (χ4n) is 1.83. The molecule has 0 aromatic carbocycles. The van der Waals surface area contributed by atoms with Crippen LogP contribution in [0.15, 0.2) is 0 Å². The van der Waals surface area contributed by atoms with Crippen molar-refractivity contribution < 1.29 is 9.59 Å². The molecule has 17 heavy (non-hydrogen) atoms. The van der Waals surface area contributed by atoms with Crippen LogP contribution in [0.4, 0.5) is 4.79 Å². The summed E-state index contributed by atoms with van der Waals surface area (Å²) in [7, 11) is 0. The second kappa shape index (κ2) is 5.89. The van der Waals surface area contributed by atoms with E-state index < -0.39 is 0 Å². The molecule has 1 saturated heterocycles. The molecule has 1 fully saturated rings. The average Bonchev–Trinajstić information content (AvgIpc) is 2.27. The van der Waals surface area contributed by atoms with Gasteiger partial charge in [0.2, 0.25) is 5.91 Å². The van der Waals surface area contributed by atoms with Crippen LogP contribution in [0, 0.1) is 5.92 Å². The van der Waals surface area contributed by atoms with Crippen LogP contribution in [0.25, 0.3) is 0 Å². The largest absolute Gasteiger partial charge is 0.339 e. The van der Waals surface area contributed by atoms with E-state index in [9.17, 15) is 9.59 Å². The molecular formula is C12H23N3O2. The Hall–Kier alpha value is -1.26. The van der Waals surface area contributed by atoms with E-state index in [2.05, 4.69) is 5.32 Å². The summed E-state index contributed by atoms with van der Waals surface area (Å²) in [6.45, 7) is 10.2. The lowest BCUT2D eigenvalue weighted by molar-refractivity contribution is -0.135. The van der Waals surface area contributed by atoms with Gasteiger partial charge >= 0.3 is 6.03 Å². The maximum Gasteiger partial charge on any atom is 0.317 e. The molecule has 0 saturated carbocycles. The second-order valence-corrected chi connectivity index (χ2v) is 5.07. The summed E-state index contributed by atoms with van der Waals surface area (Å²) in [6.07, 6.45) is 0. The molecule has 0 unspecified atom stereocenters. The monoisotopic (exact) mass is 241 g/mol. The summed E-state index contributed by atoms with van der Waals surface area (Å²) in [5.41, 5.74) is 0. The molecule has 3 amide bonds. The van der Waals surface area contributed by atoms with Gasteiger partial charge in [-0.05, 0) is 13.8 Å². The van der Waals surface area contributed by atoms with Crippen molar-refractivity contribution in [1.29, 1.82) is 0 Å². The Kier molecular flexibility index (Phi) is 4.78. The highest BCUT2D eigenvalue weighted by Gasteiger charge is 2.25. The Morgan fingerprint density at radius 3 is 1.82 bits per heavy atom. The molecule has 0 aromatic heterocycles. The van der Waals surface area contributed by atoms with Gasteiger partial charge in [-0.3, -0.25) is 4.79 Å². The van der Waals surface area contributed by atoms with E-state index in [0.717, 1.165) is 0 Å². The van der Waals surface area contributed by atoms with E-state index in [1.807, 2.05) is 32.6 Å². The Labute approximate surface area is 103 Å². The van der Waals surface area contributed by atoms with Gasteiger partial charge in [-0.1, -0.05) is 13.8 Å². The highest BCUT2D eigenvalue weighted by atomic mass is 16.2. The van der Waals surface area contributed by atoms with E-state index in [4.69, 9.17) is 0 Å². The van der Waals surface area contributed by atoms with Crippen molar-refractivity contribution in [2.45, 2.75) is 33.7 Å². The number of piperazine rings is 1. The summed E-state index contributed by atoms with van der Waals surface area (Å²) in [6, 6.07) is 0.120. The van der Waals surface area contributed by atoms with Crippen molar-refractivity contribution in [3.05, 3.63) is 0 Å². The zero-order valence-corrected chi connectivity index (χ0v) is 11.2. The average molecular weight is 241 g/mol. The maximum atomic E-state index is 11.8. The molecule has 0 spiro atoms. The lowest BCUT2D eigenvalue weighted by Crippen LogP contribution is -2.54. The quantitative estimate of drug-likeness (QED) is 0.781. The Morgan fingerprint density at radius 1 is 0.941 bits per heavy atom. The molecule has 0 atom stereocenters. The van der Waals surface area contributed by atoms with E-state index >= 15 is 0 Å². The molecule has 0 radical (unpaired) electrons. The summed E-state index contributed by atoms with van der Waals surface area (Å²) < 4.78 is 0. The van der Waals surface area contributed by atoms with Gasteiger partial charge in [-0.2, -0.15) is 0 Å². The van der Waals surface area contributed by atoms with Crippen LogP contribution in [-0.4, -0.2) is 54.0 Å². The summed E-state index contributed by atoms with van der Waals surface area (Å²) in [4.78, 5) is 27.1. The number of rotatable bonds is 2. The number of urea groups is 1. The summed E-state index contributed by atoms with van der Waals surface area (Å²) >= 11 is 0. The molecule has 1 aliphatic heterocycles. The fraction of sp³-hybridized carbons (Fsp3) is 0.833. The Balaban J connectivity index is 2.40. The van der Waals surface area contributed by atoms with Crippen molar-refractivity contribution >= 4 is 11.9 Å². The van der Waals surface area contributed by atoms with Crippen LogP contribution in [-0.2, 0) is 4.79 Å². The molecule has 5 heteroatoms. The zero-order valence-electron chi connectivity index (χ0n) is 11.2. The van der Waals surface area contributed by atoms with Gasteiger partial charge in [-0.15, -0.1) is 0 Å². The van der Waals surface area contributed by atoms with E-state index in [1.165, 1.54) is 0 Å². The van der Waals surface area contributed by atoms with Crippen LogP contribution in [0.1, 0.15) is 27.7 Å². The van der Waals surface area contributed by atoms with Gasteiger partial charge in [0.15, 0.2) is 0 Å². The van der Waals surface area contributed by atoms with Gasteiger partial charge < -0.3 is 15.1 Å². The first-order valence-corrected chi connectivity index (χ1v) is 6.26. The Morgan fingerprint density at radius 2 is 1.41 bits per heavy atom. The smallest absolute Gasteiger partial charge is 0.317 e. The number of carbonyl (C=O) groups is 2. The van der Waals surface area contributed by atoms with Crippen molar-refractivity contribution in [1.82, 2.24) is 15.1 Å². The Bertz CT molecular complexity index is 281. The summed E-state index contributed by atoms with van der Waals surface area (Å²) in [5, 5.41) is 2.86. The molecule has 0 aromatic rings. The van der Waals surface area contributed by atoms with Crippen LogP contribution in [0.3, 0.4) is 0 Å². The standard InChI is InChI=1S/C12H23N3O2/c1-9(2)11(16)14-5-7-15(8-6-14)12(17)13-10(3)4/h9-10H,5-8H2,1-4H3,(H,13,17). The molecule has 1 N–H and O–H groups in total. The normalized spacial score (nSPS) is 16.6. The molecular weight excluding hydrogens is 218 g/mol. The van der Waals surface area contributed by atoms with E-state index in [1.54, 1.807) is 4.90 Å². The number of carbonyl (C=O) groups excluding carboxylic acids is 2. The van der Waals surface area contributed by atoms with Gasteiger partial charge in [-0.25, -0.2) is 4.79 Å². The first kappa shape index (κ1) is 13.8. The lowest BCUT2D eigenvalue weighted by Gasteiger charge is -2.35. The third-order valence-corrected chi connectivity index (χ3v) is 2.78. The number of nitrogens with one attached hydrogen (secondary N) is 1. The van der Waals surface area contributed by atoms with E-state index in [0.29, 0.717) is 26.2 Å². The highest BCUT2D eigenvalue weighted by molar-refractivity contribution is 5.79. The van der Waals surface area contributed by atoms with Crippen molar-refractivity contribution in [3.8, 4) is 0 Å². The van der Waals surface area contributed by atoms with Crippen molar-refractivity contribution in [2.24, 2.45) is 5.92 Å². The molecule has 1 rings (SSSR count). The first-order valence-electron chi connectivity index (χ1n) is 6.26. The topological polar surface area (TPSA) is 52.7 Å². The van der Waals surface area contributed by atoms with Gasteiger partial charge in [0.05, 0.1) is 0 Å². The van der Waals surface area contributed by atoms with Crippen LogP contribution in [0.2, 0.25) is 0 Å². The van der Waals surface area contributed by atoms with Crippen LogP contribution >= 0.6 is 0 Å². The predicted octanol–water partition coefficient (Wildman–Crippen LogP) is 0.905. The van der Waals surface area contributed by atoms with Gasteiger partial charge in [0.1, 0.15) is 0 Å². The lowest BCUT2D eigenvalue weighted by atomic mass is 10.1. The van der Waals surface area contributed by atoms with E-state index in [-0.39, 0.29) is 23.9 Å². The fourth-order valence-corrected chi connectivity index (χ4v) is 1.83. The maximum absolute atomic E-state index is 11.8. The number of hydrogen-bond donors (Lipinski definition) is 1. The SMILES string of the molecule is CC(C)NC(=O)N1CCN(C(=O)C(C)C)CC1. The first-order chi connectivity index (χ1) is 7.91. The number of hydrogen-bond acceptors (Lipinski definition) is 2. The third kappa shape index (κ3) is 3.91. The molecule has 0 aliphatic carbocycles. The van der Waals surface area contributed by atoms with Gasteiger partial charge in [0.25, 0.3) is 0 Å². The van der Waals surface area contributed by atoms with Crippen molar-refractivity contribution in [3.63, 3.8) is 0 Å². The van der Waals surface area contributed by atoms with Crippen LogP contribution < -0.4 is 5.32 Å². The third-order valence-electron chi connectivity index (χ3n) is 2.78. The zero-order chi connectivity index (χ0) is 13.0. The highest BCUT2D eigenvalue weighted by Crippen LogP contribution is 2.07. The molecule has 5 nitrogen and oxygen atoms in total. The minimum absolute atomic E-state index is 0.0309. The molecule has 0 bridgehead atoms. The summed E-state index contributed by atoms with van der Waals surface area (Å²) in [5.74, 6) is 0.208.